The van der Waals surface area contributed by atoms with Gasteiger partial charge in [-0.15, -0.1) is 0 Å². The molecule has 8 heavy (non-hydrogen) atoms. The van der Waals surface area contributed by atoms with Crippen molar-refractivity contribution >= 4 is 11.8 Å². The molecule has 1 rings (SSSR count). The van der Waals surface area contributed by atoms with Crippen LogP contribution < -0.4 is 5.32 Å². The molecule has 1 aliphatic rings. The fourth-order valence-electron chi connectivity index (χ4n) is 0.329. The van der Waals surface area contributed by atoms with Crippen molar-refractivity contribution in [2.75, 3.05) is 0 Å². The van der Waals surface area contributed by atoms with Crippen LogP contribution in [0.5, 0.6) is 0 Å². The van der Waals surface area contributed by atoms with E-state index in [0.717, 1.165) is 11.8 Å². The minimum absolute atomic E-state index is 0.144. The van der Waals surface area contributed by atoms with Crippen LogP contribution in [0.1, 0.15) is 0 Å². The molecular formula is C3H3N2O2S. The summed E-state index contributed by atoms with van der Waals surface area (Å²) in [5, 5.41) is 12.6. The standard InChI is InChI=1S/C3H3N2O2S/c6-5(7)3-1-4-2-8-3/h1-2,4H. The van der Waals surface area contributed by atoms with Gasteiger partial charge >= 0.3 is 5.03 Å². The molecule has 1 heterocycles. The van der Waals surface area contributed by atoms with E-state index in [2.05, 4.69) is 5.32 Å². The van der Waals surface area contributed by atoms with Gasteiger partial charge in [-0.25, -0.2) is 0 Å². The normalized spacial score (nSPS) is 17.2. The van der Waals surface area contributed by atoms with Crippen LogP contribution >= 0.6 is 11.8 Å². The fraction of sp³-hybridized carbons (Fsp3) is 0. The van der Waals surface area contributed by atoms with Gasteiger partial charge in [-0.05, 0) is 11.8 Å². The van der Waals surface area contributed by atoms with E-state index in [1.807, 2.05) is 0 Å². The number of rotatable bonds is 1. The molecule has 1 N–H and O–H groups in total. The summed E-state index contributed by atoms with van der Waals surface area (Å²) in [4.78, 5) is 9.43. The number of thioether (sulfide) groups is 1. The number of nitrogens with zero attached hydrogens (tertiary/aromatic N) is 1. The molecule has 0 fully saturated rings. The fourth-order valence-corrected chi connectivity index (χ4v) is 0.808. The zero-order valence-electron chi connectivity index (χ0n) is 3.83. The highest BCUT2D eigenvalue weighted by Crippen LogP contribution is 2.21. The molecule has 0 saturated heterocycles. The van der Waals surface area contributed by atoms with Crippen LogP contribution in [0, 0.1) is 16.0 Å². The zero-order valence-corrected chi connectivity index (χ0v) is 4.64. The zero-order chi connectivity index (χ0) is 5.98. The summed E-state index contributed by atoms with van der Waals surface area (Å²) in [6.07, 6.45) is 1.35. The lowest BCUT2D eigenvalue weighted by molar-refractivity contribution is -0.410. The first-order valence-corrected chi connectivity index (χ1v) is 2.77. The van der Waals surface area contributed by atoms with E-state index in [1.165, 1.54) is 6.20 Å². The predicted octanol–water partition coefficient (Wildman–Crippen LogP) is 0.518. The van der Waals surface area contributed by atoms with Crippen LogP contribution in [0.2, 0.25) is 0 Å². The molecule has 5 heteroatoms. The van der Waals surface area contributed by atoms with Gasteiger partial charge in [0.05, 0.1) is 11.1 Å². The molecule has 4 nitrogen and oxygen atoms in total. The monoisotopic (exact) mass is 131 g/mol. The molecule has 0 aromatic rings. The molecule has 0 atom stereocenters. The van der Waals surface area contributed by atoms with Gasteiger partial charge in [0.25, 0.3) is 0 Å². The Bertz CT molecular complexity index is 144. The Morgan fingerprint density at radius 2 is 2.62 bits per heavy atom. The van der Waals surface area contributed by atoms with Crippen LogP contribution in [0.4, 0.5) is 0 Å². The van der Waals surface area contributed by atoms with E-state index >= 15 is 0 Å². The largest absolute Gasteiger partial charge is 0.370 e. The Morgan fingerprint density at radius 3 is 2.88 bits per heavy atom. The summed E-state index contributed by atoms with van der Waals surface area (Å²) in [7, 11) is 0. The van der Waals surface area contributed by atoms with E-state index in [1.54, 1.807) is 5.88 Å². The second-order valence-corrected chi connectivity index (χ2v) is 2.03. The maximum atomic E-state index is 9.86. The molecule has 0 aromatic carbocycles. The van der Waals surface area contributed by atoms with Crippen LogP contribution in [-0.4, -0.2) is 4.92 Å². The van der Waals surface area contributed by atoms with Gasteiger partial charge in [-0.1, -0.05) is 0 Å². The first-order chi connectivity index (χ1) is 3.80. The average Bonchev–Trinajstić information content (AvgIpc) is 2.12. The SMILES string of the molecule is O=[N+]([O-])C1=CN[CH]S1. The molecule has 1 aliphatic heterocycles. The third-order valence-corrected chi connectivity index (χ3v) is 1.40. The van der Waals surface area contributed by atoms with Crippen molar-refractivity contribution in [2.24, 2.45) is 0 Å². The first-order valence-electron chi connectivity index (χ1n) is 1.89. The van der Waals surface area contributed by atoms with Crippen molar-refractivity contribution < 1.29 is 4.92 Å². The topological polar surface area (TPSA) is 55.2 Å². The van der Waals surface area contributed by atoms with Crippen LogP contribution in [0.3, 0.4) is 0 Å². The molecule has 0 saturated carbocycles. The first kappa shape index (κ1) is 5.43. The Morgan fingerprint density at radius 1 is 1.88 bits per heavy atom. The summed E-state index contributed by atoms with van der Waals surface area (Å²) in [6, 6.07) is 0. The minimum Gasteiger partial charge on any atom is -0.370 e. The third kappa shape index (κ3) is 0.919. The molecule has 0 aromatic heterocycles. The Balaban J connectivity index is 2.57. The lowest BCUT2D eigenvalue weighted by atomic mass is 10.9. The summed E-state index contributed by atoms with van der Waals surface area (Å²) in [6.45, 7) is 0. The Kier molecular flexibility index (Phi) is 1.38. The predicted molar refractivity (Wildman–Crippen MR) is 30.1 cm³/mol. The number of hydrogen-bond donors (Lipinski definition) is 1. The van der Waals surface area contributed by atoms with Crippen LogP contribution in [-0.2, 0) is 0 Å². The molecular weight excluding hydrogens is 128 g/mol. The second kappa shape index (κ2) is 2.04. The highest BCUT2D eigenvalue weighted by Gasteiger charge is 2.15. The van der Waals surface area contributed by atoms with Gasteiger partial charge in [0.1, 0.15) is 5.88 Å². The summed E-state index contributed by atoms with van der Waals surface area (Å²) >= 11 is 1.08. The highest BCUT2D eigenvalue weighted by atomic mass is 32.2. The Labute approximate surface area is 50.1 Å². The van der Waals surface area contributed by atoms with Crippen molar-refractivity contribution in [3.05, 3.63) is 27.2 Å². The Hall–Kier alpha value is -0.710. The molecule has 1 radical (unpaired) electrons. The molecule has 0 unspecified atom stereocenters. The van der Waals surface area contributed by atoms with E-state index in [9.17, 15) is 10.1 Å². The third-order valence-electron chi connectivity index (χ3n) is 0.634. The molecule has 43 valence electrons. The van der Waals surface area contributed by atoms with E-state index in [4.69, 9.17) is 0 Å². The van der Waals surface area contributed by atoms with Gasteiger partial charge in [-0.2, -0.15) is 0 Å². The van der Waals surface area contributed by atoms with Gasteiger partial charge in [0.15, 0.2) is 0 Å². The number of nitrogens with one attached hydrogen (secondary N) is 1. The quantitative estimate of drug-likeness (QED) is 0.416. The van der Waals surface area contributed by atoms with Gasteiger partial charge in [0.2, 0.25) is 0 Å². The second-order valence-electron chi connectivity index (χ2n) is 1.14. The van der Waals surface area contributed by atoms with Crippen molar-refractivity contribution in [1.82, 2.24) is 5.32 Å². The minimum atomic E-state index is -0.429. The summed E-state index contributed by atoms with van der Waals surface area (Å²) < 4.78 is 0. The molecule has 0 aliphatic carbocycles. The van der Waals surface area contributed by atoms with E-state index in [-0.39, 0.29) is 5.03 Å². The van der Waals surface area contributed by atoms with E-state index < -0.39 is 4.92 Å². The smallest absolute Gasteiger partial charge is 0.320 e. The van der Waals surface area contributed by atoms with Gasteiger partial charge in [0, 0.05) is 0 Å². The highest BCUT2D eigenvalue weighted by molar-refractivity contribution is 8.04. The number of hydrogen-bond acceptors (Lipinski definition) is 4. The lowest BCUT2D eigenvalue weighted by Crippen LogP contribution is -1.91. The summed E-state index contributed by atoms with van der Waals surface area (Å²) in [5.41, 5.74) is 0. The van der Waals surface area contributed by atoms with Gasteiger partial charge < -0.3 is 5.32 Å². The van der Waals surface area contributed by atoms with E-state index in [0.29, 0.717) is 0 Å². The van der Waals surface area contributed by atoms with Crippen molar-refractivity contribution in [1.29, 1.82) is 0 Å². The van der Waals surface area contributed by atoms with Crippen molar-refractivity contribution in [3.63, 3.8) is 0 Å². The average molecular weight is 131 g/mol. The molecule has 0 spiro atoms. The maximum absolute atomic E-state index is 9.86. The van der Waals surface area contributed by atoms with Gasteiger partial charge in [-0.3, -0.25) is 10.1 Å². The molecule has 0 amide bonds. The number of nitro groups is 1. The van der Waals surface area contributed by atoms with Crippen LogP contribution in [0.15, 0.2) is 11.2 Å². The van der Waals surface area contributed by atoms with Crippen LogP contribution in [0.25, 0.3) is 0 Å². The molecule has 0 bridgehead atoms. The maximum Gasteiger partial charge on any atom is 0.320 e. The summed E-state index contributed by atoms with van der Waals surface area (Å²) in [5.74, 6) is 1.55. The van der Waals surface area contributed by atoms with Crippen molar-refractivity contribution in [2.45, 2.75) is 0 Å². The van der Waals surface area contributed by atoms with Crippen molar-refractivity contribution in [3.8, 4) is 0 Å². The lowest BCUT2D eigenvalue weighted by Gasteiger charge is -1.81.